The summed E-state index contributed by atoms with van der Waals surface area (Å²) in [6.45, 7) is 1.74. The maximum Gasteiger partial charge on any atom is 0.337 e. The summed E-state index contributed by atoms with van der Waals surface area (Å²) >= 11 is 0. The molecule has 0 saturated heterocycles. The van der Waals surface area contributed by atoms with Crippen LogP contribution in [0.3, 0.4) is 0 Å². The van der Waals surface area contributed by atoms with Gasteiger partial charge in [-0.3, -0.25) is 5.10 Å². The number of nitrogens with one attached hydrogen (secondary N) is 1. The molecule has 2 aromatic carbocycles. The molecule has 1 heterocycles. The van der Waals surface area contributed by atoms with Gasteiger partial charge in [0.25, 0.3) is 0 Å². The van der Waals surface area contributed by atoms with Gasteiger partial charge in [-0.25, -0.2) is 9.18 Å². The minimum atomic E-state index is -0.320. The van der Waals surface area contributed by atoms with Crippen LogP contribution in [-0.4, -0.2) is 41.8 Å². The second kappa shape index (κ2) is 9.28. The van der Waals surface area contributed by atoms with E-state index < -0.39 is 0 Å². The molecule has 3 rings (SSSR count). The highest BCUT2D eigenvalue weighted by Crippen LogP contribution is 2.18. The molecule has 0 fully saturated rings. The van der Waals surface area contributed by atoms with Crippen LogP contribution in [0.4, 0.5) is 4.39 Å². The first-order chi connectivity index (χ1) is 13.5. The van der Waals surface area contributed by atoms with E-state index in [2.05, 4.69) is 22.1 Å². The molecule has 0 unspecified atom stereocenters. The number of ether oxygens (including phenoxy) is 1. The summed E-state index contributed by atoms with van der Waals surface area (Å²) in [5.74, 6) is -0.568. The van der Waals surface area contributed by atoms with Crippen molar-refractivity contribution in [3.8, 4) is 11.3 Å². The smallest absolute Gasteiger partial charge is 0.337 e. The summed E-state index contributed by atoms with van der Waals surface area (Å²) in [6, 6.07) is 15.8. The molecule has 1 aromatic heterocycles. The first kappa shape index (κ1) is 19.8. The van der Waals surface area contributed by atoms with E-state index in [9.17, 15) is 9.18 Å². The average molecular weight is 381 g/mol. The van der Waals surface area contributed by atoms with E-state index in [0.29, 0.717) is 5.56 Å². The van der Waals surface area contributed by atoms with Gasteiger partial charge in [-0.05, 0) is 74.5 Å². The van der Waals surface area contributed by atoms with E-state index in [1.807, 2.05) is 18.2 Å². The van der Waals surface area contributed by atoms with Gasteiger partial charge in [-0.15, -0.1) is 0 Å². The third kappa shape index (κ3) is 5.27. The minimum Gasteiger partial charge on any atom is -0.465 e. The number of esters is 1. The normalized spacial score (nSPS) is 11.0. The van der Waals surface area contributed by atoms with Crippen molar-refractivity contribution in [1.29, 1.82) is 0 Å². The van der Waals surface area contributed by atoms with Crippen LogP contribution >= 0.6 is 0 Å². The predicted octanol–water partition coefficient (Wildman–Crippen LogP) is 4.07. The third-order valence-electron chi connectivity index (χ3n) is 4.58. The van der Waals surface area contributed by atoms with Crippen LogP contribution in [0, 0.1) is 5.82 Å². The number of halogens is 1. The number of aromatic nitrogens is 2. The summed E-state index contributed by atoms with van der Waals surface area (Å²) in [5.41, 5.74) is 4.50. The van der Waals surface area contributed by atoms with Crippen LogP contribution in [-0.2, 0) is 17.7 Å². The monoisotopic (exact) mass is 381 g/mol. The fourth-order valence-electron chi connectivity index (χ4n) is 3.05. The first-order valence-corrected chi connectivity index (χ1v) is 9.21. The molecule has 6 heteroatoms. The molecule has 0 saturated carbocycles. The predicted molar refractivity (Wildman–Crippen MR) is 106 cm³/mol. The molecule has 0 amide bonds. The van der Waals surface area contributed by atoms with Crippen molar-refractivity contribution < 1.29 is 13.9 Å². The zero-order valence-electron chi connectivity index (χ0n) is 16.1. The largest absolute Gasteiger partial charge is 0.465 e. The summed E-state index contributed by atoms with van der Waals surface area (Å²) in [6.07, 6.45) is 1.88. The Morgan fingerprint density at radius 3 is 2.54 bits per heavy atom. The average Bonchev–Trinajstić information content (AvgIpc) is 3.17. The quantitative estimate of drug-likeness (QED) is 0.598. The Balaban J connectivity index is 1.46. The van der Waals surface area contributed by atoms with Gasteiger partial charge in [0.15, 0.2) is 0 Å². The first-order valence-electron chi connectivity index (χ1n) is 9.21. The molecule has 0 radical (unpaired) electrons. The second-order valence-corrected chi connectivity index (χ2v) is 6.82. The summed E-state index contributed by atoms with van der Waals surface area (Å²) < 4.78 is 17.7. The van der Waals surface area contributed by atoms with Crippen molar-refractivity contribution >= 4 is 5.97 Å². The molecule has 5 nitrogen and oxygen atoms in total. The fourth-order valence-corrected chi connectivity index (χ4v) is 3.05. The SMILES string of the molecule is COC(=O)c1ccc(CN(C)CCCc2cc(-c3ccc(F)cc3)n[nH]2)cc1. The van der Waals surface area contributed by atoms with Crippen LogP contribution in [0.5, 0.6) is 0 Å². The summed E-state index contributed by atoms with van der Waals surface area (Å²) in [5, 5.41) is 7.37. The van der Waals surface area contributed by atoms with E-state index >= 15 is 0 Å². The van der Waals surface area contributed by atoms with Gasteiger partial charge in [0.2, 0.25) is 0 Å². The number of nitrogens with zero attached hydrogens (tertiary/aromatic N) is 2. The lowest BCUT2D eigenvalue weighted by molar-refractivity contribution is 0.0600. The molecule has 28 heavy (non-hydrogen) atoms. The number of H-pyrrole nitrogens is 1. The standard InChI is InChI=1S/C22H24FN3O2/c1-26(15-16-5-7-18(8-6-16)22(27)28-2)13-3-4-20-14-21(25-24-20)17-9-11-19(23)12-10-17/h5-12,14H,3-4,13,15H2,1-2H3,(H,24,25). The van der Waals surface area contributed by atoms with Crippen LogP contribution < -0.4 is 0 Å². The Kier molecular flexibility index (Phi) is 6.55. The number of hydrogen-bond donors (Lipinski definition) is 1. The number of rotatable bonds is 8. The Morgan fingerprint density at radius 2 is 1.86 bits per heavy atom. The highest BCUT2D eigenvalue weighted by atomic mass is 19.1. The molecule has 0 spiro atoms. The van der Waals surface area contributed by atoms with Crippen LogP contribution in [0.25, 0.3) is 11.3 Å². The molecule has 1 N–H and O–H groups in total. The highest BCUT2D eigenvalue weighted by Gasteiger charge is 2.07. The van der Waals surface area contributed by atoms with E-state index in [4.69, 9.17) is 4.74 Å². The molecular weight excluding hydrogens is 357 g/mol. The van der Waals surface area contributed by atoms with Crippen molar-refractivity contribution in [1.82, 2.24) is 15.1 Å². The van der Waals surface area contributed by atoms with Gasteiger partial charge in [-0.1, -0.05) is 12.1 Å². The zero-order chi connectivity index (χ0) is 19.9. The Labute approximate surface area is 164 Å². The minimum absolute atomic E-state index is 0.248. The van der Waals surface area contributed by atoms with Crippen molar-refractivity contribution in [3.63, 3.8) is 0 Å². The number of carbonyl (C=O) groups is 1. The van der Waals surface area contributed by atoms with E-state index in [0.717, 1.165) is 48.4 Å². The number of benzene rings is 2. The van der Waals surface area contributed by atoms with Gasteiger partial charge < -0.3 is 9.64 Å². The van der Waals surface area contributed by atoms with Crippen LogP contribution in [0.2, 0.25) is 0 Å². The summed E-state index contributed by atoms with van der Waals surface area (Å²) in [7, 11) is 3.46. The zero-order valence-corrected chi connectivity index (χ0v) is 16.1. The van der Waals surface area contributed by atoms with E-state index in [-0.39, 0.29) is 11.8 Å². The second-order valence-electron chi connectivity index (χ2n) is 6.82. The number of hydrogen-bond acceptors (Lipinski definition) is 4. The fraction of sp³-hybridized carbons (Fsp3) is 0.273. The topological polar surface area (TPSA) is 58.2 Å². The van der Waals surface area contributed by atoms with E-state index in [1.165, 1.54) is 19.2 Å². The molecule has 0 aliphatic carbocycles. The number of aryl methyl sites for hydroxylation is 1. The Bertz CT molecular complexity index is 904. The van der Waals surface area contributed by atoms with Crippen molar-refractivity contribution in [2.45, 2.75) is 19.4 Å². The maximum absolute atomic E-state index is 13.0. The van der Waals surface area contributed by atoms with Gasteiger partial charge in [0, 0.05) is 17.8 Å². The number of carbonyl (C=O) groups excluding carboxylic acids is 1. The van der Waals surface area contributed by atoms with Gasteiger partial charge in [0.05, 0.1) is 18.4 Å². The molecular formula is C22H24FN3O2. The number of aromatic amines is 1. The third-order valence-corrected chi connectivity index (χ3v) is 4.58. The lowest BCUT2D eigenvalue weighted by Gasteiger charge is -2.16. The van der Waals surface area contributed by atoms with Gasteiger partial charge in [-0.2, -0.15) is 5.10 Å². The Morgan fingerprint density at radius 1 is 1.14 bits per heavy atom. The van der Waals surface area contributed by atoms with Crippen molar-refractivity contribution in [3.05, 3.63) is 77.2 Å². The Hall–Kier alpha value is -2.99. The van der Waals surface area contributed by atoms with Gasteiger partial charge in [0.1, 0.15) is 5.82 Å². The molecule has 0 atom stereocenters. The lowest BCUT2D eigenvalue weighted by Crippen LogP contribution is -2.19. The lowest BCUT2D eigenvalue weighted by atomic mass is 10.1. The maximum atomic E-state index is 13.0. The highest BCUT2D eigenvalue weighted by molar-refractivity contribution is 5.89. The molecule has 0 aliphatic heterocycles. The molecule has 146 valence electrons. The molecule has 3 aromatic rings. The van der Waals surface area contributed by atoms with E-state index in [1.54, 1.807) is 24.3 Å². The van der Waals surface area contributed by atoms with Crippen molar-refractivity contribution in [2.75, 3.05) is 20.7 Å². The summed E-state index contributed by atoms with van der Waals surface area (Å²) in [4.78, 5) is 13.7. The van der Waals surface area contributed by atoms with Crippen molar-refractivity contribution in [2.24, 2.45) is 0 Å². The molecule has 0 bridgehead atoms. The molecule has 0 aliphatic rings. The number of methoxy groups -OCH3 is 1. The van der Waals surface area contributed by atoms with Crippen LogP contribution in [0.1, 0.15) is 28.0 Å². The van der Waals surface area contributed by atoms with Crippen LogP contribution in [0.15, 0.2) is 54.6 Å². The van der Waals surface area contributed by atoms with Gasteiger partial charge >= 0.3 is 5.97 Å².